The zero-order valence-electron chi connectivity index (χ0n) is 13.0. The lowest BCUT2D eigenvalue weighted by molar-refractivity contribution is 0.0940. The number of carbonyl (C=O) groups excluding carboxylic acids is 2. The molecule has 0 aliphatic heterocycles. The highest BCUT2D eigenvalue weighted by atomic mass is 79.9. The van der Waals surface area contributed by atoms with Gasteiger partial charge in [0.05, 0.1) is 16.8 Å². The van der Waals surface area contributed by atoms with Crippen LogP contribution < -0.4 is 10.6 Å². The van der Waals surface area contributed by atoms with Crippen LogP contribution in [0.3, 0.4) is 0 Å². The Kier molecular flexibility index (Phi) is 5.87. The maximum Gasteiger partial charge on any atom is 0.257 e. The van der Waals surface area contributed by atoms with Crippen molar-refractivity contribution in [2.45, 2.75) is 26.3 Å². The van der Waals surface area contributed by atoms with Crippen LogP contribution in [0.15, 0.2) is 47.2 Å². The normalized spacial score (nSPS) is 11.6. The summed E-state index contributed by atoms with van der Waals surface area (Å²) in [6.07, 6.45) is 3.91. The molecule has 120 valence electrons. The van der Waals surface area contributed by atoms with Crippen molar-refractivity contribution in [3.8, 4) is 0 Å². The smallest absolute Gasteiger partial charge is 0.257 e. The number of rotatable bonds is 5. The molecule has 0 radical (unpaired) electrons. The molecular formula is C17H18BrN3O2. The topological polar surface area (TPSA) is 71.1 Å². The minimum absolute atomic E-state index is 0.0699. The standard InChI is InChI=1S/C17H18BrN3O2/c1-3-11(2)20-17(23)14-6-4-5-7-15(14)21-16(22)12-8-13(18)10-19-9-12/h4-11H,3H2,1-2H3,(H,20,23)(H,21,22). The molecule has 2 N–H and O–H groups in total. The van der Waals surface area contributed by atoms with E-state index < -0.39 is 0 Å². The maximum absolute atomic E-state index is 12.3. The first-order valence-corrected chi connectivity index (χ1v) is 8.12. The molecule has 0 saturated carbocycles. The van der Waals surface area contributed by atoms with Gasteiger partial charge in [-0.2, -0.15) is 0 Å². The third-order valence-electron chi connectivity index (χ3n) is 3.38. The number of para-hydroxylation sites is 1. The summed E-state index contributed by atoms with van der Waals surface area (Å²) in [5.74, 6) is -0.523. The molecule has 2 amide bonds. The van der Waals surface area contributed by atoms with Gasteiger partial charge in [-0.15, -0.1) is 0 Å². The van der Waals surface area contributed by atoms with E-state index in [1.54, 1.807) is 36.5 Å². The summed E-state index contributed by atoms with van der Waals surface area (Å²) >= 11 is 3.28. The zero-order chi connectivity index (χ0) is 16.8. The Bertz CT molecular complexity index is 718. The van der Waals surface area contributed by atoms with Gasteiger partial charge in [0.1, 0.15) is 0 Å². The van der Waals surface area contributed by atoms with Gasteiger partial charge in [-0.25, -0.2) is 0 Å². The Balaban J connectivity index is 2.20. The van der Waals surface area contributed by atoms with Gasteiger partial charge < -0.3 is 10.6 Å². The first-order valence-electron chi connectivity index (χ1n) is 7.33. The first kappa shape index (κ1) is 17.1. The molecule has 0 aliphatic rings. The maximum atomic E-state index is 12.3. The number of pyridine rings is 1. The number of amides is 2. The number of aromatic nitrogens is 1. The number of anilines is 1. The van der Waals surface area contributed by atoms with Crippen LogP contribution in [0.25, 0.3) is 0 Å². The molecule has 0 fully saturated rings. The summed E-state index contributed by atoms with van der Waals surface area (Å²) in [7, 11) is 0. The number of halogens is 1. The van der Waals surface area contributed by atoms with Crippen molar-refractivity contribution >= 4 is 33.4 Å². The lowest BCUT2D eigenvalue weighted by Crippen LogP contribution is -2.32. The van der Waals surface area contributed by atoms with Gasteiger partial charge in [0, 0.05) is 22.9 Å². The number of nitrogens with zero attached hydrogens (tertiary/aromatic N) is 1. The number of hydrogen-bond acceptors (Lipinski definition) is 3. The molecule has 1 heterocycles. The molecule has 6 heteroatoms. The monoisotopic (exact) mass is 375 g/mol. The highest BCUT2D eigenvalue weighted by Gasteiger charge is 2.15. The third-order valence-corrected chi connectivity index (χ3v) is 3.81. The molecule has 5 nitrogen and oxygen atoms in total. The molecule has 1 aromatic carbocycles. The van der Waals surface area contributed by atoms with Gasteiger partial charge >= 0.3 is 0 Å². The lowest BCUT2D eigenvalue weighted by Gasteiger charge is -2.14. The van der Waals surface area contributed by atoms with Gasteiger partial charge in [0.15, 0.2) is 0 Å². The summed E-state index contributed by atoms with van der Waals surface area (Å²) < 4.78 is 0.716. The average Bonchev–Trinajstić information content (AvgIpc) is 2.55. The van der Waals surface area contributed by atoms with E-state index in [-0.39, 0.29) is 17.9 Å². The van der Waals surface area contributed by atoms with Gasteiger partial charge in [-0.3, -0.25) is 14.6 Å². The van der Waals surface area contributed by atoms with Crippen LogP contribution in [0.4, 0.5) is 5.69 Å². The molecule has 1 aromatic heterocycles. The molecular weight excluding hydrogens is 358 g/mol. The van der Waals surface area contributed by atoms with Crippen molar-refractivity contribution in [2.24, 2.45) is 0 Å². The minimum Gasteiger partial charge on any atom is -0.350 e. The molecule has 1 atom stereocenters. The fraction of sp³-hybridized carbons (Fsp3) is 0.235. The van der Waals surface area contributed by atoms with Crippen LogP contribution in [0.2, 0.25) is 0 Å². The summed E-state index contributed by atoms with van der Waals surface area (Å²) in [5, 5.41) is 5.66. The molecule has 2 rings (SSSR count). The Hall–Kier alpha value is -2.21. The van der Waals surface area contributed by atoms with Crippen LogP contribution in [0.1, 0.15) is 41.0 Å². The van der Waals surface area contributed by atoms with Crippen LogP contribution >= 0.6 is 15.9 Å². The molecule has 0 spiro atoms. The Morgan fingerprint density at radius 2 is 1.96 bits per heavy atom. The van der Waals surface area contributed by atoms with E-state index in [9.17, 15) is 9.59 Å². The van der Waals surface area contributed by atoms with Crippen molar-refractivity contribution in [3.05, 3.63) is 58.3 Å². The summed E-state index contributed by atoms with van der Waals surface area (Å²) in [6, 6.07) is 8.67. The van der Waals surface area contributed by atoms with E-state index in [0.717, 1.165) is 6.42 Å². The van der Waals surface area contributed by atoms with Crippen LogP contribution in [-0.4, -0.2) is 22.8 Å². The highest BCUT2D eigenvalue weighted by molar-refractivity contribution is 9.10. The van der Waals surface area contributed by atoms with E-state index in [4.69, 9.17) is 0 Å². The Morgan fingerprint density at radius 3 is 2.65 bits per heavy atom. The van der Waals surface area contributed by atoms with Crippen LogP contribution in [0.5, 0.6) is 0 Å². The van der Waals surface area contributed by atoms with E-state index in [1.807, 2.05) is 13.8 Å². The summed E-state index contributed by atoms with van der Waals surface area (Å²) in [4.78, 5) is 28.6. The SMILES string of the molecule is CCC(C)NC(=O)c1ccccc1NC(=O)c1cncc(Br)c1. The second-order valence-corrected chi connectivity index (χ2v) is 6.09. The van der Waals surface area contributed by atoms with Gasteiger partial charge in [-0.05, 0) is 47.5 Å². The van der Waals surface area contributed by atoms with Crippen LogP contribution in [0, 0.1) is 0 Å². The molecule has 0 aliphatic carbocycles. The summed E-state index contributed by atoms with van der Waals surface area (Å²) in [5.41, 5.74) is 1.32. The fourth-order valence-corrected chi connectivity index (χ4v) is 2.29. The van der Waals surface area contributed by atoms with Gasteiger partial charge in [0.2, 0.25) is 0 Å². The zero-order valence-corrected chi connectivity index (χ0v) is 14.6. The number of carbonyl (C=O) groups is 2. The van der Waals surface area contributed by atoms with Crippen molar-refractivity contribution in [1.82, 2.24) is 10.3 Å². The third kappa shape index (κ3) is 4.63. The van der Waals surface area contributed by atoms with Gasteiger partial charge in [-0.1, -0.05) is 19.1 Å². The summed E-state index contributed by atoms with van der Waals surface area (Å²) in [6.45, 7) is 3.94. The Morgan fingerprint density at radius 1 is 1.22 bits per heavy atom. The van der Waals surface area contributed by atoms with Crippen LogP contribution in [-0.2, 0) is 0 Å². The first-order chi connectivity index (χ1) is 11.0. The van der Waals surface area contributed by atoms with Crippen molar-refractivity contribution in [3.63, 3.8) is 0 Å². The van der Waals surface area contributed by atoms with Crippen molar-refractivity contribution in [1.29, 1.82) is 0 Å². The fourth-order valence-electron chi connectivity index (χ4n) is 1.92. The van der Waals surface area contributed by atoms with E-state index in [0.29, 0.717) is 21.3 Å². The van der Waals surface area contributed by atoms with E-state index in [2.05, 4.69) is 31.5 Å². The molecule has 0 saturated heterocycles. The van der Waals surface area contributed by atoms with Gasteiger partial charge in [0.25, 0.3) is 11.8 Å². The number of hydrogen-bond donors (Lipinski definition) is 2. The second kappa shape index (κ2) is 7.87. The molecule has 23 heavy (non-hydrogen) atoms. The largest absolute Gasteiger partial charge is 0.350 e. The average molecular weight is 376 g/mol. The van der Waals surface area contributed by atoms with E-state index in [1.165, 1.54) is 6.20 Å². The molecule has 1 unspecified atom stereocenters. The minimum atomic E-state index is -0.317. The number of nitrogens with one attached hydrogen (secondary N) is 2. The van der Waals surface area contributed by atoms with Crippen molar-refractivity contribution < 1.29 is 9.59 Å². The molecule has 2 aromatic rings. The Labute approximate surface area is 143 Å². The van der Waals surface area contributed by atoms with Crippen molar-refractivity contribution in [2.75, 3.05) is 5.32 Å². The number of benzene rings is 1. The highest BCUT2D eigenvalue weighted by Crippen LogP contribution is 2.17. The van der Waals surface area contributed by atoms with E-state index >= 15 is 0 Å². The predicted octanol–water partition coefficient (Wildman–Crippen LogP) is 3.62. The lowest BCUT2D eigenvalue weighted by atomic mass is 10.1. The molecule has 0 bridgehead atoms. The quantitative estimate of drug-likeness (QED) is 0.837. The predicted molar refractivity (Wildman–Crippen MR) is 93.6 cm³/mol. The second-order valence-electron chi connectivity index (χ2n) is 5.17.